The minimum atomic E-state index is -3.20. The van der Waals surface area contributed by atoms with Crippen LogP contribution in [0.3, 0.4) is 0 Å². The molecule has 0 heterocycles. The average molecular weight is 322 g/mol. The minimum Gasteiger partial charge on any atom is -0.549 e. The molecule has 6 heteroatoms. The summed E-state index contributed by atoms with van der Waals surface area (Å²) in [6, 6.07) is 0. The molecule has 0 amide bonds. The third kappa shape index (κ3) is 8.25. The van der Waals surface area contributed by atoms with Crippen molar-refractivity contribution >= 4 is 15.9 Å². The third-order valence-corrected chi connectivity index (χ3v) is 5.59. The summed E-state index contributed by atoms with van der Waals surface area (Å²) in [6.07, 6.45) is 5.55. The van der Waals surface area contributed by atoms with Gasteiger partial charge in [0.2, 0.25) is 8.32 Å². The van der Waals surface area contributed by atoms with Gasteiger partial charge in [0.15, 0.2) is 0 Å². The van der Waals surface area contributed by atoms with Gasteiger partial charge in [0, 0.05) is 0 Å². The van der Waals surface area contributed by atoms with Crippen molar-refractivity contribution in [2.24, 2.45) is 0 Å². The van der Waals surface area contributed by atoms with Gasteiger partial charge in [-0.05, 0) is 46.3 Å². The second kappa shape index (κ2) is 9.77. The van der Waals surface area contributed by atoms with Crippen molar-refractivity contribution in [3.05, 3.63) is 11.6 Å². The van der Waals surface area contributed by atoms with E-state index in [0.29, 0.717) is 24.9 Å². The van der Waals surface area contributed by atoms with Gasteiger partial charge in [-0.2, -0.15) is 0 Å². The molecule has 0 rings (SSSR count). The lowest BCUT2D eigenvalue weighted by molar-refractivity contribution is 0.224. The standard InChI is InChI=1S/C14H31O4PSi/c1-7-10-11-12-14(13-18-20(4,5)6)19(15,16-8-2)17-9-3/h13H,7-12H2,1-6H3/b14-13+. The van der Waals surface area contributed by atoms with Crippen LogP contribution < -0.4 is 0 Å². The zero-order valence-electron chi connectivity index (χ0n) is 13.9. The predicted octanol–water partition coefficient (Wildman–Crippen LogP) is 5.53. The topological polar surface area (TPSA) is 44.8 Å². The first-order valence-electron chi connectivity index (χ1n) is 7.55. The maximum absolute atomic E-state index is 12.8. The first kappa shape index (κ1) is 19.9. The van der Waals surface area contributed by atoms with Crippen LogP contribution in [0.5, 0.6) is 0 Å². The van der Waals surface area contributed by atoms with Crippen LogP contribution >= 0.6 is 7.60 Å². The summed E-state index contributed by atoms with van der Waals surface area (Å²) in [5.41, 5.74) is 0. The van der Waals surface area contributed by atoms with Crippen LogP contribution in [0.15, 0.2) is 11.6 Å². The van der Waals surface area contributed by atoms with Gasteiger partial charge < -0.3 is 13.5 Å². The Balaban J connectivity index is 5.08. The Kier molecular flexibility index (Phi) is 9.73. The summed E-state index contributed by atoms with van der Waals surface area (Å²) in [5, 5.41) is 0.678. The fraction of sp³-hybridized carbons (Fsp3) is 0.857. The van der Waals surface area contributed by atoms with Crippen LogP contribution in [-0.2, 0) is 18.0 Å². The highest BCUT2D eigenvalue weighted by Crippen LogP contribution is 2.57. The van der Waals surface area contributed by atoms with Gasteiger partial charge in [-0.15, -0.1) is 0 Å². The first-order valence-corrected chi connectivity index (χ1v) is 12.5. The van der Waals surface area contributed by atoms with E-state index in [1.54, 1.807) is 6.26 Å². The number of rotatable bonds is 11. The van der Waals surface area contributed by atoms with Gasteiger partial charge in [-0.25, -0.2) is 0 Å². The Labute approximate surface area is 125 Å². The van der Waals surface area contributed by atoms with Crippen LogP contribution in [0.1, 0.15) is 46.5 Å². The normalized spacial score (nSPS) is 13.6. The van der Waals surface area contributed by atoms with E-state index in [0.717, 1.165) is 19.3 Å². The molecule has 0 unspecified atom stereocenters. The van der Waals surface area contributed by atoms with Crippen LogP contribution in [0, 0.1) is 0 Å². The summed E-state index contributed by atoms with van der Waals surface area (Å²) in [4.78, 5) is 0. The molecule has 0 spiro atoms. The van der Waals surface area contributed by atoms with Crippen molar-refractivity contribution in [3.63, 3.8) is 0 Å². The number of hydrogen-bond acceptors (Lipinski definition) is 4. The zero-order valence-corrected chi connectivity index (χ0v) is 15.8. The molecule has 0 aromatic rings. The SMILES string of the molecule is CCCCC/C(=C\O[Si](C)(C)C)P(=O)(OCC)OCC. The molecule has 4 nitrogen and oxygen atoms in total. The van der Waals surface area contributed by atoms with Gasteiger partial charge >= 0.3 is 7.60 Å². The summed E-state index contributed by atoms with van der Waals surface area (Å²) in [5.74, 6) is 0. The summed E-state index contributed by atoms with van der Waals surface area (Å²) >= 11 is 0. The van der Waals surface area contributed by atoms with Crippen LogP contribution in [0.25, 0.3) is 0 Å². The zero-order chi connectivity index (χ0) is 15.6. The lowest BCUT2D eigenvalue weighted by atomic mass is 10.2. The molecule has 0 bridgehead atoms. The molecule has 0 N–H and O–H groups in total. The van der Waals surface area contributed by atoms with Gasteiger partial charge in [0.25, 0.3) is 0 Å². The second-order valence-electron chi connectivity index (χ2n) is 5.63. The summed E-state index contributed by atoms with van der Waals surface area (Å²) < 4.78 is 29.5. The van der Waals surface area contributed by atoms with Gasteiger partial charge in [-0.3, -0.25) is 4.57 Å². The van der Waals surface area contributed by atoms with Crippen molar-refractivity contribution in [2.45, 2.75) is 66.1 Å². The summed E-state index contributed by atoms with van der Waals surface area (Å²) in [6.45, 7) is 12.8. The van der Waals surface area contributed by atoms with Crippen molar-refractivity contribution in [2.75, 3.05) is 13.2 Å². The van der Waals surface area contributed by atoms with E-state index in [4.69, 9.17) is 13.5 Å². The van der Waals surface area contributed by atoms with E-state index in [1.807, 2.05) is 13.8 Å². The largest absolute Gasteiger partial charge is 0.549 e. The second-order valence-corrected chi connectivity index (χ2v) is 12.2. The number of unbranched alkanes of at least 4 members (excludes halogenated alkanes) is 2. The lowest BCUT2D eigenvalue weighted by Gasteiger charge is -2.22. The number of hydrogen-bond donors (Lipinski definition) is 0. The van der Waals surface area contributed by atoms with Crippen molar-refractivity contribution in [1.82, 2.24) is 0 Å². The molecule has 120 valence electrons. The Morgan fingerprint density at radius 1 is 1.05 bits per heavy atom. The Morgan fingerprint density at radius 2 is 1.60 bits per heavy atom. The van der Waals surface area contributed by atoms with E-state index in [-0.39, 0.29) is 0 Å². The minimum absolute atomic E-state index is 0.370. The molecule has 0 radical (unpaired) electrons. The summed E-state index contributed by atoms with van der Waals surface area (Å²) in [7, 11) is -4.90. The molecule has 0 aromatic heterocycles. The van der Waals surface area contributed by atoms with Crippen molar-refractivity contribution in [3.8, 4) is 0 Å². The fourth-order valence-electron chi connectivity index (χ4n) is 1.60. The van der Waals surface area contributed by atoms with Crippen molar-refractivity contribution in [1.29, 1.82) is 0 Å². The monoisotopic (exact) mass is 322 g/mol. The van der Waals surface area contributed by atoms with E-state index < -0.39 is 15.9 Å². The average Bonchev–Trinajstić information content (AvgIpc) is 2.32. The maximum atomic E-state index is 12.8. The van der Waals surface area contributed by atoms with Crippen LogP contribution in [0.2, 0.25) is 19.6 Å². The smallest absolute Gasteiger partial charge is 0.360 e. The van der Waals surface area contributed by atoms with Gasteiger partial charge in [0.05, 0.1) is 24.8 Å². The highest BCUT2D eigenvalue weighted by molar-refractivity contribution is 7.58. The number of allylic oxidation sites excluding steroid dienone is 1. The molecule has 0 saturated heterocycles. The fourth-order valence-corrected chi connectivity index (χ4v) is 3.90. The molecule has 0 aromatic carbocycles. The first-order chi connectivity index (χ1) is 9.29. The van der Waals surface area contributed by atoms with Crippen LogP contribution in [0.4, 0.5) is 0 Å². The molecular weight excluding hydrogens is 291 g/mol. The quantitative estimate of drug-likeness (QED) is 0.217. The van der Waals surface area contributed by atoms with Crippen LogP contribution in [-0.4, -0.2) is 21.5 Å². The van der Waals surface area contributed by atoms with E-state index in [9.17, 15) is 4.57 Å². The molecule has 0 atom stereocenters. The highest BCUT2D eigenvalue weighted by atomic mass is 31.2. The van der Waals surface area contributed by atoms with E-state index in [1.165, 1.54) is 0 Å². The van der Waals surface area contributed by atoms with Gasteiger partial charge in [-0.1, -0.05) is 19.8 Å². The van der Waals surface area contributed by atoms with E-state index >= 15 is 0 Å². The molecule has 0 aliphatic carbocycles. The highest BCUT2D eigenvalue weighted by Gasteiger charge is 2.30. The Bertz CT molecular complexity index is 327. The Hall–Kier alpha value is -0.0931. The molecule has 0 saturated carbocycles. The third-order valence-electron chi connectivity index (χ3n) is 2.53. The molecule has 0 aliphatic heterocycles. The predicted molar refractivity (Wildman–Crippen MR) is 87.5 cm³/mol. The molecular formula is C14H31O4PSi. The molecule has 20 heavy (non-hydrogen) atoms. The molecule has 0 aliphatic rings. The Morgan fingerprint density at radius 3 is 2.00 bits per heavy atom. The van der Waals surface area contributed by atoms with E-state index in [2.05, 4.69) is 26.6 Å². The van der Waals surface area contributed by atoms with Gasteiger partial charge in [0.1, 0.15) is 0 Å². The lowest BCUT2D eigenvalue weighted by Crippen LogP contribution is -2.22. The van der Waals surface area contributed by atoms with Crippen molar-refractivity contribution < 1.29 is 18.0 Å². The maximum Gasteiger partial charge on any atom is 0.360 e. The molecule has 0 fully saturated rings.